The van der Waals surface area contributed by atoms with E-state index in [1.807, 2.05) is 43.4 Å². The topological polar surface area (TPSA) is 83.9 Å². The number of fused-ring (bicyclic) bond motifs is 1. The molecule has 1 amide bonds. The molecular formula is C22H20N6OS. The molecule has 1 N–H and O–H groups in total. The van der Waals surface area contributed by atoms with Gasteiger partial charge in [0.25, 0.3) is 0 Å². The summed E-state index contributed by atoms with van der Waals surface area (Å²) in [7, 11) is 1.86. The number of carbonyl (C=O) groups excluding carboxylic acids is 1. The molecule has 7 nitrogen and oxygen atoms in total. The average molecular weight is 417 g/mol. The summed E-state index contributed by atoms with van der Waals surface area (Å²) in [6.07, 6.45) is 6.82. The number of pyridine rings is 3. The number of nitrogens with zero attached hydrogens (tertiary/aromatic N) is 5. The molecule has 0 saturated carbocycles. The number of carbonyl (C=O) groups is 1. The molecule has 5 heterocycles. The lowest BCUT2D eigenvalue weighted by atomic mass is 9.90. The fourth-order valence-electron chi connectivity index (χ4n) is 3.66. The molecule has 1 atom stereocenters. The largest absolute Gasteiger partial charge is 0.346 e. The summed E-state index contributed by atoms with van der Waals surface area (Å²) in [4.78, 5) is 32.6. The van der Waals surface area contributed by atoms with E-state index in [-0.39, 0.29) is 11.8 Å². The van der Waals surface area contributed by atoms with E-state index in [0.29, 0.717) is 6.42 Å². The van der Waals surface area contributed by atoms with Gasteiger partial charge in [0.1, 0.15) is 16.2 Å². The van der Waals surface area contributed by atoms with Crippen LogP contribution in [0, 0.1) is 0 Å². The molecule has 1 aliphatic rings. The molecule has 5 rings (SSSR count). The molecule has 4 aromatic heterocycles. The highest BCUT2D eigenvalue weighted by Crippen LogP contribution is 2.32. The Hall–Kier alpha value is -3.39. The molecule has 1 saturated heterocycles. The smallest absolute Gasteiger partial charge is 0.222 e. The van der Waals surface area contributed by atoms with Crippen LogP contribution >= 0.6 is 11.3 Å². The van der Waals surface area contributed by atoms with Crippen molar-refractivity contribution in [3.8, 4) is 11.3 Å². The van der Waals surface area contributed by atoms with Crippen LogP contribution in [0.25, 0.3) is 21.6 Å². The van der Waals surface area contributed by atoms with E-state index in [4.69, 9.17) is 4.98 Å². The average Bonchev–Trinajstić information content (AvgIpc) is 3.18. The van der Waals surface area contributed by atoms with Crippen LogP contribution in [0.1, 0.15) is 24.3 Å². The van der Waals surface area contributed by atoms with Crippen molar-refractivity contribution in [3.05, 3.63) is 60.6 Å². The third kappa shape index (κ3) is 3.73. The summed E-state index contributed by atoms with van der Waals surface area (Å²) < 4.78 is 0. The summed E-state index contributed by atoms with van der Waals surface area (Å²) in [5.74, 6) is 1.16. The van der Waals surface area contributed by atoms with E-state index in [1.54, 1.807) is 23.5 Å². The molecule has 30 heavy (non-hydrogen) atoms. The van der Waals surface area contributed by atoms with Crippen LogP contribution in [0.4, 0.5) is 10.9 Å². The summed E-state index contributed by atoms with van der Waals surface area (Å²) in [6.45, 7) is 0.790. The Bertz CT molecular complexity index is 1210. The Morgan fingerprint density at radius 1 is 1.10 bits per heavy atom. The van der Waals surface area contributed by atoms with Crippen molar-refractivity contribution in [2.45, 2.75) is 18.8 Å². The third-order valence-corrected chi connectivity index (χ3v) is 6.26. The van der Waals surface area contributed by atoms with Crippen molar-refractivity contribution in [1.29, 1.82) is 0 Å². The maximum Gasteiger partial charge on any atom is 0.222 e. The van der Waals surface area contributed by atoms with Crippen molar-refractivity contribution in [3.63, 3.8) is 0 Å². The normalized spacial score (nSPS) is 16.8. The SMILES string of the molecule is CN1CCC(c2ccnc(Nc3nc4ccc(-c5ccncc5)nc4s3)c2)CC1=O. The first kappa shape index (κ1) is 18.6. The number of rotatable bonds is 4. The van der Waals surface area contributed by atoms with Gasteiger partial charge in [-0.05, 0) is 54.3 Å². The van der Waals surface area contributed by atoms with Gasteiger partial charge in [0, 0.05) is 44.2 Å². The number of piperidine rings is 1. The van der Waals surface area contributed by atoms with E-state index >= 15 is 0 Å². The number of likely N-dealkylation sites (tertiary alicyclic amines) is 1. The van der Waals surface area contributed by atoms with Gasteiger partial charge < -0.3 is 10.2 Å². The molecule has 0 bridgehead atoms. The molecule has 1 unspecified atom stereocenters. The minimum atomic E-state index is 0.194. The van der Waals surface area contributed by atoms with Crippen molar-refractivity contribution >= 4 is 38.5 Å². The predicted octanol–water partition coefficient (Wildman–Crippen LogP) is 4.23. The Morgan fingerprint density at radius 2 is 1.97 bits per heavy atom. The maximum atomic E-state index is 12.1. The van der Waals surface area contributed by atoms with Gasteiger partial charge in [-0.1, -0.05) is 11.3 Å². The van der Waals surface area contributed by atoms with Crippen molar-refractivity contribution in [2.24, 2.45) is 0 Å². The molecule has 0 aromatic carbocycles. The fourth-order valence-corrected chi connectivity index (χ4v) is 4.51. The number of amides is 1. The lowest BCUT2D eigenvalue weighted by Gasteiger charge is -2.29. The summed E-state index contributed by atoms with van der Waals surface area (Å²) in [5.41, 5.74) is 3.90. The molecule has 0 spiro atoms. The van der Waals surface area contributed by atoms with Gasteiger partial charge in [0.2, 0.25) is 5.91 Å². The Kier molecular flexibility index (Phi) is 4.84. The number of hydrogen-bond donors (Lipinski definition) is 1. The monoisotopic (exact) mass is 416 g/mol. The van der Waals surface area contributed by atoms with Crippen molar-refractivity contribution < 1.29 is 4.79 Å². The van der Waals surface area contributed by atoms with Gasteiger partial charge >= 0.3 is 0 Å². The maximum absolute atomic E-state index is 12.1. The van der Waals surface area contributed by atoms with Crippen LogP contribution in [-0.2, 0) is 4.79 Å². The zero-order valence-corrected chi connectivity index (χ0v) is 17.3. The first-order valence-electron chi connectivity index (χ1n) is 9.80. The standard InChI is InChI=1S/C22H20N6OS/c1-28-11-7-16(13-20(28)29)15-6-10-24-19(12-15)27-22-26-18-3-2-17(25-21(18)30-22)14-4-8-23-9-5-14/h2-6,8-10,12,16H,7,11,13H2,1H3,(H,24,26,27). The minimum Gasteiger partial charge on any atom is -0.346 e. The van der Waals surface area contributed by atoms with Gasteiger partial charge in [-0.2, -0.15) is 0 Å². The second kappa shape index (κ2) is 7.79. The van der Waals surface area contributed by atoms with Crippen molar-refractivity contribution in [1.82, 2.24) is 24.8 Å². The highest BCUT2D eigenvalue weighted by atomic mass is 32.1. The van der Waals surface area contributed by atoms with E-state index in [0.717, 1.165) is 51.1 Å². The van der Waals surface area contributed by atoms with Crippen LogP contribution in [0.15, 0.2) is 55.0 Å². The summed E-state index contributed by atoms with van der Waals surface area (Å²) in [6, 6.07) is 11.8. The summed E-state index contributed by atoms with van der Waals surface area (Å²) >= 11 is 1.49. The number of nitrogens with one attached hydrogen (secondary N) is 1. The first-order valence-corrected chi connectivity index (χ1v) is 10.6. The molecule has 150 valence electrons. The van der Waals surface area contributed by atoms with Gasteiger partial charge in [-0.25, -0.2) is 15.0 Å². The molecule has 1 aliphatic heterocycles. The first-order chi connectivity index (χ1) is 14.7. The molecule has 4 aromatic rings. The van der Waals surface area contributed by atoms with Gasteiger partial charge in [-0.15, -0.1) is 0 Å². The van der Waals surface area contributed by atoms with E-state index < -0.39 is 0 Å². The van der Waals surface area contributed by atoms with Gasteiger partial charge in [0.15, 0.2) is 5.13 Å². The third-order valence-electron chi connectivity index (χ3n) is 5.38. The van der Waals surface area contributed by atoms with Crippen LogP contribution in [0.2, 0.25) is 0 Å². The van der Waals surface area contributed by atoms with E-state index in [9.17, 15) is 4.79 Å². The number of aromatic nitrogens is 4. The number of hydrogen-bond acceptors (Lipinski definition) is 7. The highest BCUT2D eigenvalue weighted by Gasteiger charge is 2.24. The Labute approximate surface area is 177 Å². The molecule has 1 fully saturated rings. The second-order valence-electron chi connectivity index (χ2n) is 7.38. The minimum absolute atomic E-state index is 0.194. The number of anilines is 2. The van der Waals surface area contributed by atoms with E-state index in [2.05, 4.69) is 20.3 Å². The van der Waals surface area contributed by atoms with Crippen molar-refractivity contribution in [2.75, 3.05) is 18.9 Å². The van der Waals surface area contributed by atoms with Crippen LogP contribution in [0.3, 0.4) is 0 Å². The second-order valence-corrected chi connectivity index (χ2v) is 8.36. The Balaban J connectivity index is 1.37. The van der Waals surface area contributed by atoms with Crippen LogP contribution in [0.5, 0.6) is 0 Å². The predicted molar refractivity (Wildman–Crippen MR) is 118 cm³/mol. The zero-order valence-electron chi connectivity index (χ0n) is 16.4. The van der Waals surface area contributed by atoms with Gasteiger partial charge in [-0.3, -0.25) is 9.78 Å². The lowest BCUT2D eigenvalue weighted by molar-refractivity contribution is -0.132. The molecule has 0 aliphatic carbocycles. The zero-order chi connectivity index (χ0) is 20.5. The van der Waals surface area contributed by atoms with Gasteiger partial charge in [0.05, 0.1) is 5.69 Å². The Morgan fingerprint density at radius 3 is 2.80 bits per heavy atom. The quantitative estimate of drug-likeness (QED) is 0.536. The van der Waals surface area contributed by atoms with Crippen LogP contribution in [-0.4, -0.2) is 44.3 Å². The molecule has 8 heteroatoms. The lowest BCUT2D eigenvalue weighted by Crippen LogP contribution is -2.34. The molecular weight excluding hydrogens is 396 g/mol. The van der Waals surface area contributed by atoms with E-state index in [1.165, 1.54) is 11.3 Å². The van der Waals surface area contributed by atoms with Crippen LogP contribution < -0.4 is 5.32 Å². The summed E-state index contributed by atoms with van der Waals surface area (Å²) in [5, 5.41) is 4.05. The highest BCUT2D eigenvalue weighted by molar-refractivity contribution is 7.21. The molecule has 0 radical (unpaired) electrons. The number of thiazole rings is 1. The fraction of sp³-hybridized carbons (Fsp3) is 0.227.